The molecule has 3 heterocycles. The molecule has 0 radical (unpaired) electrons. The van der Waals surface area contributed by atoms with E-state index in [4.69, 9.17) is 4.42 Å². The highest BCUT2D eigenvalue weighted by molar-refractivity contribution is 5.79. The first-order chi connectivity index (χ1) is 12.7. The zero-order chi connectivity index (χ0) is 17.9. The molecule has 26 heavy (non-hydrogen) atoms. The van der Waals surface area contributed by atoms with E-state index in [9.17, 15) is 9.59 Å². The number of anilines is 1. The van der Waals surface area contributed by atoms with Gasteiger partial charge in [0.1, 0.15) is 12.4 Å². The van der Waals surface area contributed by atoms with E-state index in [1.54, 1.807) is 36.8 Å². The summed E-state index contributed by atoms with van der Waals surface area (Å²) < 4.78 is 6.52. The van der Waals surface area contributed by atoms with Crippen LogP contribution in [0.2, 0.25) is 0 Å². The Kier molecular flexibility index (Phi) is 4.39. The van der Waals surface area contributed by atoms with Crippen LogP contribution in [0, 0.1) is 0 Å². The lowest BCUT2D eigenvalue weighted by Crippen LogP contribution is -2.49. The third-order valence-electron chi connectivity index (χ3n) is 4.54. The molecule has 1 amide bonds. The summed E-state index contributed by atoms with van der Waals surface area (Å²) in [5.74, 6) is 0.0827. The summed E-state index contributed by atoms with van der Waals surface area (Å²) in [6.45, 7) is 1.50. The van der Waals surface area contributed by atoms with Gasteiger partial charge >= 0.3 is 5.76 Å². The fourth-order valence-electron chi connectivity index (χ4n) is 3.34. The molecule has 4 rings (SSSR count). The number of benzene rings is 1. The van der Waals surface area contributed by atoms with Crippen LogP contribution in [0.15, 0.2) is 52.1 Å². The molecule has 1 atom stereocenters. The number of oxazole rings is 1. The maximum atomic E-state index is 12.5. The first-order valence-corrected chi connectivity index (χ1v) is 8.59. The number of carbonyl (C=O) groups is 1. The summed E-state index contributed by atoms with van der Waals surface area (Å²) in [5, 5.41) is 3.02. The molecule has 3 aromatic rings. The van der Waals surface area contributed by atoms with Crippen LogP contribution in [0.3, 0.4) is 0 Å². The first-order valence-electron chi connectivity index (χ1n) is 8.59. The number of para-hydroxylation sites is 2. The SMILES string of the molecule is O=C(Cn1c(=O)oc2ccccc21)NC1CCCN(c2cnccn2)C1. The van der Waals surface area contributed by atoms with Crippen LogP contribution in [0.1, 0.15) is 12.8 Å². The van der Waals surface area contributed by atoms with Gasteiger partial charge in [-0.1, -0.05) is 12.1 Å². The molecule has 8 heteroatoms. The van der Waals surface area contributed by atoms with Crippen LogP contribution in [0.4, 0.5) is 5.82 Å². The number of piperidine rings is 1. The minimum absolute atomic E-state index is 0.00660. The molecule has 0 spiro atoms. The molecule has 1 aromatic carbocycles. The lowest BCUT2D eigenvalue weighted by Gasteiger charge is -2.33. The second kappa shape index (κ2) is 6.99. The minimum atomic E-state index is -0.522. The van der Waals surface area contributed by atoms with E-state index in [0.29, 0.717) is 17.6 Å². The topological polar surface area (TPSA) is 93.3 Å². The Hall–Kier alpha value is -3.16. The van der Waals surface area contributed by atoms with E-state index in [2.05, 4.69) is 20.2 Å². The number of amides is 1. The van der Waals surface area contributed by atoms with Gasteiger partial charge in [-0.3, -0.25) is 14.3 Å². The van der Waals surface area contributed by atoms with Crippen LogP contribution >= 0.6 is 0 Å². The smallest absolute Gasteiger partial charge is 0.408 e. The van der Waals surface area contributed by atoms with Crippen molar-refractivity contribution in [3.8, 4) is 0 Å². The molecule has 8 nitrogen and oxygen atoms in total. The summed E-state index contributed by atoms with van der Waals surface area (Å²) in [6.07, 6.45) is 6.87. The van der Waals surface area contributed by atoms with Crippen molar-refractivity contribution in [1.29, 1.82) is 0 Å². The first kappa shape index (κ1) is 16.3. The van der Waals surface area contributed by atoms with Gasteiger partial charge in [-0.2, -0.15) is 0 Å². The molecule has 0 saturated carbocycles. The van der Waals surface area contributed by atoms with Gasteiger partial charge in [0, 0.05) is 31.5 Å². The largest absolute Gasteiger partial charge is 0.420 e. The average molecular weight is 353 g/mol. The third kappa shape index (κ3) is 3.30. The number of rotatable bonds is 4. The van der Waals surface area contributed by atoms with Gasteiger partial charge < -0.3 is 14.6 Å². The number of hydrogen-bond donors (Lipinski definition) is 1. The third-order valence-corrected chi connectivity index (χ3v) is 4.54. The molecule has 0 bridgehead atoms. The van der Waals surface area contributed by atoms with Crippen molar-refractivity contribution in [2.24, 2.45) is 0 Å². The Labute approximate surface area is 149 Å². The predicted octanol–water partition coefficient (Wildman–Crippen LogP) is 1.17. The fourth-order valence-corrected chi connectivity index (χ4v) is 3.34. The van der Waals surface area contributed by atoms with Crippen molar-refractivity contribution >= 4 is 22.8 Å². The van der Waals surface area contributed by atoms with Gasteiger partial charge in [0.25, 0.3) is 0 Å². The molecule has 0 aliphatic carbocycles. The molecule has 1 N–H and O–H groups in total. The van der Waals surface area contributed by atoms with Gasteiger partial charge in [0.15, 0.2) is 5.58 Å². The van der Waals surface area contributed by atoms with Gasteiger partial charge in [-0.15, -0.1) is 0 Å². The number of fused-ring (bicyclic) bond motifs is 1. The van der Waals surface area contributed by atoms with Crippen LogP contribution < -0.4 is 16.0 Å². The van der Waals surface area contributed by atoms with Crippen LogP contribution in [-0.4, -0.2) is 39.6 Å². The Morgan fingerprint density at radius 2 is 2.19 bits per heavy atom. The second-order valence-electron chi connectivity index (χ2n) is 6.34. The van der Waals surface area contributed by atoms with E-state index < -0.39 is 5.76 Å². The van der Waals surface area contributed by atoms with Crippen molar-refractivity contribution in [3.05, 3.63) is 53.4 Å². The lowest BCUT2D eigenvalue weighted by atomic mass is 10.1. The van der Waals surface area contributed by atoms with E-state index in [1.165, 1.54) is 4.57 Å². The monoisotopic (exact) mass is 353 g/mol. The van der Waals surface area contributed by atoms with Crippen molar-refractivity contribution in [1.82, 2.24) is 19.9 Å². The molecule has 1 unspecified atom stereocenters. The summed E-state index contributed by atoms with van der Waals surface area (Å²) in [4.78, 5) is 35.0. The Bertz CT molecular complexity index is 966. The van der Waals surface area contributed by atoms with E-state index in [1.807, 2.05) is 6.07 Å². The quantitative estimate of drug-likeness (QED) is 0.757. The molecule has 1 saturated heterocycles. The molecule has 1 fully saturated rings. The van der Waals surface area contributed by atoms with Crippen molar-refractivity contribution < 1.29 is 9.21 Å². The highest BCUT2D eigenvalue weighted by Gasteiger charge is 2.23. The van der Waals surface area contributed by atoms with E-state index in [-0.39, 0.29) is 18.5 Å². The van der Waals surface area contributed by atoms with Gasteiger partial charge in [-0.05, 0) is 25.0 Å². The Balaban J connectivity index is 1.43. The van der Waals surface area contributed by atoms with Crippen LogP contribution in [-0.2, 0) is 11.3 Å². The number of nitrogens with one attached hydrogen (secondary N) is 1. The molecular formula is C18H19N5O3. The fraction of sp³-hybridized carbons (Fsp3) is 0.333. The zero-order valence-corrected chi connectivity index (χ0v) is 14.2. The molecular weight excluding hydrogens is 334 g/mol. The van der Waals surface area contributed by atoms with E-state index in [0.717, 1.165) is 25.2 Å². The molecule has 134 valence electrons. The Morgan fingerprint density at radius 3 is 3.04 bits per heavy atom. The summed E-state index contributed by atoms with van der Waals surface area (Å²) in [7, 11) is 0. The highest BCUT2D eigenvalue weighted by Crippen LogP contribution is 2.17. The molecule has 1 aliphatic rings. The van der Waals surface area contributed by atoms with Crippen molar-refractivity contribution in [3.63, 3.8) is 0 Å². The van der Waals surface area contributed by atoms with Crippen LogP contribution in [0.25, 0.3) is 11.1 Å². The number of nitrogens with zero attached hydrogens (tertiary/aromatic N) is 4. The van der Waals surface area contributed by atoms with Gasteiger partial charge in [0.2, 0.25) is 5.91 Å². The highest BCUT2D eigenvalue weighted by atomic mass is 16.4. The summed E-state index contributed by atoms with van der Waals surface area (Å²) >= 11 is 0. The van der Waals surface area contributed by atoms with Gasteiger partial charge in [0.05, 0.1) is 11.7 Å². The Morgan fingerprint density at radius 1 is 1.31 bits per heavy atom. The summed E-state index contributed by atoms with van der Waals surface area (Å²) in [6, 6.07) is 7.09. The maximum absolute atomic E-state index is 12.5. The zero-order valence-electron chi connectivity index (χ0n) is 14.2. The number of aromatic nitrogens is 3. The van der Waals surface area contributed by atoms with Crippen LogP contribution in [0.5, 0.6) is 0 Å². The molecule has 2 aromatic heterocycles. The maximum Gasteiger partial charge on any atom is 0.420 e. The van der Waals surface area contributed by atoms with Crippen molar-refractivity contribution in [2.45, 2.75) is 25.4 Å². The lowest BCUT2D eigenvalue weighted by molar-refractivity contribution is -0.122. The van der Waals surface area contributed by atoms with Crippen molar-refractivity contribution in [2.75, 3.05) is 18.0 Å². The normalized spacial score (nSPS) is 17.4. The summed E-state index contributed by atoms with van der Waals surface area (Å²) in [5.41, 5.74) is 1.11. The average Bonchev–Trinajstić information content (AvgIpc) is 2.98. The number of hydrogen-bond acceptors (Lipinski definition) is 6. The standard InChI is InChI=1S/C18H19N5O3/c24-17(12-23-14-5-1-2-6-15(14)26-18(23)25)21-13-4-3-9-22(11-13)16-10-19-7-8-20-16/h1-2,5-8,10,13H,3-4,9,11-12H2,(H,21,24). The minimum Gasteiger partial charge on any atom is -0.408 e. The van der Waals surface area contributed by atoms with Gasteiger partial charge in [-0.25, -0.2) is 9.78 Å². The predicted molar refractivity (Wildman–Crippen MR) is 95.9 cm³/mol. The van der Waals surface area contributed by atoms with E-state index >= 15 is 0 Å². The molecule has 1 aliphatic heterocycles. The number of carbonyl (C=O) groups excluding carboxylic acids is 1. The second-order valence-corrected chi connectivity index (χ2v) is 6.34.